The quantitative estimate of drug-likeness (QED) is 0.682. The van der Waals surface area contributed by atoms with Gasteiger partial charge in [0.05, 0.1) is 6.04 Å². The predicted octanol–water partition coefficient (Wildman–Crippen LogP) is 1.93. The van der Waals surface area contributed by atoms with E-state index in [4.69, 9.17) is 5.11 Å². The highest BCUT2D eigenvalue weighted by atomic mass is 16.2. The maximum Gasteiger partial charge on any atom is 0.0618 e. The number of nitrogens with zero attached hydrogens (tertiary/aromatic N) is 2. The second-order valence-corrected chi connectivity index (χ2v) is 4.84. The first-order valence-corrected chi connectivity index (χ1v) is 6.51. The van der Waals surface area contributed by atoms with Crippen molar-refractivity contribution < 1.29 is 5.11 Å². The molecule has 1 aromatic heterocycles. The highest BCUT2D eigenvalue weighted by Crippen LogP contribution is 2.17. The van der Waals surface area contributed by atoms with Crippen molar-refractivity contribution >= 4 is 0 Å². The smallest absolute Gasteiger partial charge is 0.0618 e. The van der Waals surface area contributed by atoms with Crippen LogP contribution in [0.4, 0.5) is 0 Å². The number of aromatic nitrogens is 2. The molecular formula is C13H25N3O. The van der Waals surface area contributed by atoms with E-state index in [-0.39, 0.29) is 6.61 Å². The van der Waals surface area contributed by atoms with E-state index in [2.05, 4.69) is 41.9 Å². The van der Waals surface area contributed by atoms with Gasteiger partial charge < -0.3 is 10.4 Å². The summed E-state index contributed by atoms with van der Waals surface area (Å²) in [7, 11) is 0. The molecule has 0 aliphatic heterocycles. The van der Waals surface area contributed by atoms with Gasteiger partial charge in [0.2, 0.25) is 0 Å². The summed E-state index contributed by atoms with van der Waals surface area (Å²) in [4.78, 5) is 0. The molecule has 1 heterocycles. The minimum absolute atomic E-state index is 0.286. The summed E-state index contributed by atoms with van der Waals surface area (Å²) >= 11 is 0. The van der Waals surface area contributed by atoms with Crippen LogP contribution >= 0.6 is 0 Å². The fourth-order valence-corrected chi connectivity index (χ4v) is 1.91. The van der Waals surface area contributed by atoms with Gasteiger partial charge in [-0.1, -0.05) is 13.8 Å². The van der Waals surface area contributed by atoms with Crippen molar-refractivity contribution in [3.05, 3.63) is 18.0 Å². The standard InChI is InChI=1S/C13H25N3O/c1-11(2)13-6-8-15-16(13)12(3)10-14-7-4-5-9-17/h6,8,11-12,14,17H,4-5,7,9-10H2,1-3H3. The zero-order valence-corrected chi connectivity index (χ0v) is 11.2. The summed E-state index contributed by atoms with van der Waals surface area (Å²) in [5.74, 6) is 0.509. The van der Waals surface area contributed by atoms with Gasteiger partial charge in [-0.2, -0.15) is 5.10 Å². The van der Waals surface area contributed by atoms with Gasteiger partial charge in [-0.05, 0) is 38.3 Å². The summed E-state index contributed by atoms with van der Waals surface area (Å²) in [5.41, 5.74) is 1.29. The van der Waals surface area contributed by atoms with Gasteiger partial charge in [0.15, 0.2) is 0 Å². The summed E-state index contributed by atoms with van der Waals surface area (Å²) in [6, 6.07) is 2.46. The van der Waals surface area contributed by atoms with Crippen molar-refractivity contribution in [1.29, 1.82) is 0 Å². The van der Waals surface area contributed by atoms with Crippen LogP contribution in [0, 0.1) is 0 Å². The minimum atomic E-state index is 0.286. The van der Waals surface area contributed by atoms with E-state index in [0.29, 0.717) is 12.0 Å². The Morgan fingerprint density at radius 3 is 2.76 bits per heavy atom. The summed E-state index contributed by atoms with van der Waals surface area (Å²) < 4.78 is 2.10. The summed E-state index contributed by atoms with van der Waals surface area (Å²) in [5, 5.41) is 16.5. The van der Waals surface area contributed by atoms with E-state index in [9.17, 15) is 0 Å². The Kier molecular flexibility index (Phi) is 6.22. The van der Waals surface area contributed by atoms with E-state index in [1.807, 2.05) is 6.20 Å². The van der Waals surface area contributed by atoms with Crippen LogP contribution in [0.1, 0.15) is 51.3 Å². The Labute approximate surface area is 104 Å². The molecule has 0 saturated heterocycles. The first-order chi connectivity index (χ1) is 8.16. The minimum Gasteiger partial charge on any atom is -0.396 e. The normalized spacial score (nSPS) is 13.2. The molecule has 0 radical (unpaired) electrons. The Morgan fingerprint density at radius 1 is 1.35 bits per heavy atom. The Balaban J connectivity index is 2.36. The molecule has 17 heavy (non-hydrogen) atoms. The van der Waals surface area contributed by atoms with E-state index in [0.717, 1.165) is 25.9 Å². The Bertz CT molecular complexity index is 309. The van der Waals surface area contributed by atoms with Crippen LogP contribution in [-0.4, -0.2) is 34.6 Å². The van der Waals surface area contributed by atoms with Gasteiger partial charge in [0.1, 0.15) is 0 Å². The van der Waals surface area contributed by atoms with Crippen LogP contribution in [0.3, 0.4) is 0 Å². The van der Waals surface area contributed by atoms with E-state index in [1.54, 1.807) is 0 Å². The van der Waals surface area contributed by atoms with E-state index in [1.165, 1.54) is 5.69 Å². The molecule has 1 unspecified atom stereocenters. The summed E-state index contributed by atoms with van der Waals surface area (Å²) in [6.45, 7) is 8.73. The number of aliphatic hydroxyl groups is 1. The average Bonchev–Trinajstić information content (AvgIpc) is 2.77. The SMILES string of the molecule is CC(C)c1ccnn1C(C)CNCCCCO. The molecule has 0 amide bonds. The van der Waals surface area contributed by atoms with Crippen LogP contribution in [-0.2, 0) is 0 Å². The molecule has 2 N–H and O–H groups in total. The van der Waals surface area contributed by atoms with Crippen molar-refractivity contribution in [3.8, 4) is 0 Å². The lowest BCUT2D eigenvalue weighted by Gasteiger charge is -2.18. The molecule has 0 aromatic carbocycles. The third-order valence-electron chi connectivity index (χ3n) is 2.91. The van der Waals surface area contributed by atoms with Crippen molar-refractivity contribution in [1.82, 2.24) is 15.1 Å². The average molecular weight is 239 g/mol. The lowest BCUT2D eigenvalue weighted by atomic mass is 10.1. The second-order valence-electron chi connectivity index (χ2n) is 4.84. The molecule has 98 valence electrons. The van der Waals surface area contributed by atoms with Gasteiger partial charge in [-0.3, -0.25) is 4.68 Å². The molecule has 0 aliphatic carbocycles. The number of aliphatic hydroxyl groups excluding tert-OH is 1. The molecule has 0 fully saturated rings. The first kappa shape index (κ1) is 14.2. The van der Waals surface area contributed by atoms with Crippen LogP contribution in [0.15, 0.2) is 12.3 Å². The number of hydrogen-bond donors (Lipinski definition) is 2. The van der Waals surface area contributed by atoms with Crippen LogP contribution < -0.4 is 5.32 Å². The second kappa shape index (κ2) is 7.45. The Hall–Kier alpha value is -0.870. The number of rotatable bonds is 8. The number of unbranched alkanes of at least 4 members (excludes halogenated alkanes) is 1. The predicted molar refractivity (Wildman–Crippen MR) is 70.2 cm³/mol. The molecule has 0 aliphatic rings. The zero-order valence-electron chi connectivity index (χ0n) is 11.2. The molecule has 1 aromatic rings. The van der Waals surface area contributed by atoms with Crippen LogP contribution in [0.25, 0.3) is 0 Å². The lowest BCUT2D eigenvalue weighted by molar-refractivity contribution is 0.283. The van der Waals surface area contributed by atoms with Crippen molar-refractivity contribution in [2.24, 2.45) is 0 Å². The third kappa shape index (κ3) is 4.48. The fraction of sp³-hybridized carbons (Fsp3) is 0.769. The van der Waals surface area contributed by atoms with Crippen molar-refractivity contribution in [2.45, 2.75) is 45.6 Å². The van der Waals surface area contributed by atoms with E-state index < -0.39 is 0 Å². The van der Waals surface area contributed by atoms with Gasteiger partial charge >= 0.3 is 0 Å². The van der Waals surface area contributed by atoms with E-state index >= 15 is 0 Å². The van der Waals surface area contributed by atoms with Crippen molar-refractivity contribution in [3.63, 3.8) is 0 Å². The zero-order chi connectivity index (χ0) is 12.7. The lowest BCUT2D eigenvalue weighted by Crippen LogP contribution is -2.26. The topological polar surface area (TPSA) is 50.1 Å². The maximum atomic E-state index is 8.68. The first-order valence-electron chi connectivity index (χ1n) is 6.51. The number of nitrogens with one attached hydrogen (secondary N) is 1. The molecule has 4 nitrogen and oxygen atoms in total. The molecular weight excluding hydrogens is 214 g/mol. The fourth-order valence-electron chi connectivity index (χ4n) is 1.91. The number of hydrogen-bond acceptors (Lipinski definition) is 3. The molecule has 1 rings (SSSR count). The van der Waals surface area contributed by atoms with Gasteiger partial charge in [0, 0.05) is 25.0 Å². The largest absolute Gasteiger partial charge is 0.396 e. The monoisotopic (exact) mass is 239 g/mol. The third-order valence-corrected chi connectivity index (χ3v) is 2.91. The molecule has 4 heteroatoms. The van der Waals surface area contributed by atoms with Crippen LogP contribution in [0.5, 0.6) is 0 Å². The van der Waals surface area contributed by atoms with Gasteiger partial charge in [-0.15, -0.1) is 0 Å². The molecule has 0 spiro atoms. The van der Waals surface area contributed by atoms with Crippen LogP contribution in [0.2, 0.25) is 0 Å². The van der Waals surface area contributed by atoms with Gasteiger partial charge in [-0.25, -0.2) is 0 Å². The summed E-state index contributed by atoms with van der Waals surface area (Å²) in [6.07, 6.45) is 3.78. The van der Waals surface area contributed by atoms with Gasteiger partial charge in [0.25, 0.3) is 0 Å². The highest BCUT2D eigenvalue weighted by molar-refractivity contribution is 5.06. The molecule has 0 saturated carbocycles. The molecule has 0 bridgehead atoms. The Morgan fingerprint density at radius 2 is 2.12 bits per heavy atom. The molecule has 1 atom stereocenters. The highest BCUT2D eigenvalue weighted by Gasteiger charge is 2.11. The van der Waals surface area contributed by atoms with Crippen molar-refractivity contribution in [2.75, 3.05) is 19.7 Å². The maximum absolute atomic E-state index is 8.68.